The minimum atomic E-state index is -4.52. The molecule has 0 bridgehead atoms. The number of carbonyl (C=O) groups is 1. The Morgan fingerprint density at radius 2 is 1.88 bits per heavy atom. The zero-order chi connectivity index (χ0) is 18.9. The third kappa shape index (κ3) is 3.61. The van der Waals surface area contributed by atoms with E-state index in [1.165, 1.54) is 18.2 Å². The first kappa shape index (κ1) is 17.7. The number of aryl methyl sites for hydroxylation is 1. The van der Waals surface area contributed by atoms with Crippen molar-refractivity contribution < 1.29 is 18.0 Å². The number of nitrogens with one attached hydrogen (secondary N) is 2. The molecule has 0 fully saturated rings. The Kier molecular flexibility index (Phi) is 4.54. The van der Waals surface area contributed by atoms with Crippen molar-refractivity contribution in [3.05, 3.63) is 75.6 Å². The number of anilines is 1. The molecule has 0 saturated heterocycles. The van der Waals surface area contributed by atoms with Crippen LogP contribution in [0.1, 0.15) is 28.4 Å². The maximum atomic E-state index is 12.8. The first-order valence-corrected chi connectivity index (χ1v) is 7.92. The third-order valence-electron chi connectivity index (χ3n) is 4.02. The quantitative estimate of drug-likeness (QED) is 0.729. The number of benzene rings is 2. The summed E-state index contributed by atoms with van der Waals surface area (Å²) in [5.41, 5.74) is 0.562. The van der Waals surface area contributed by atoms with Gasteiger partial charge in [-0.05, 0) is 42.3 Å². The molecule has 0 saturated carbocycles. The van der Waals surface area contributed by atoms with Gasteiger partial charge in [0.05, 0.1) is 11.1 Å². The SMILES string of the molecule is CCc1cc(=O)[nH]c2cc(NC(=O)c3cccc(C(F)(F)F)c3)ccc12. The van der Waals surface area contributed by atoms with Gasteiger partial charge in [0.15, 0.2) is 0 Å². The van der Waals surface area contributed by atoms with Crippen LogP contribution in [0, 0.1) is 0 Å². The second kappa shape index (κ2) is 6.67. The van der Waals surface area contributed by atoms with Crippen molar-refractivity contribution >= 4 is 22.5 Å². The van der Waals surface area contributed by atoms with E-state index >= 15 is 0 Å². The molecule has 0 aliphatic carbocycles. The number of carbonyl (C=O) groups excluding carboxylic acids is 1. The number of aromatic amines is 1. The minimum absolute atomic E-state index is 0.101. The summed E-state index contributed by atoms with van der Waals surface area (Å²) in [6, 6.07) is 10.7. The van der Waals surface area contributed by atoms with Gasteiger partial charge < -0.3 is 10.3 Å². The summed E-state index contributed by atoms with van der Waals surface area (Å²) >= 11 is 0. The van der Waals surface area contributed by atoms with Crippen LogP contribution in [0.3, 0.4) is 0 Å². The summed E-state index contributed by atoms with van der Waals surface area (Å²) in [4.78, 5) is 26.7. The van der Waals surface area contributed by atoms with Gasteiger partial charge in [-0.3, -0.25) is 9.59 Å². The molecule has 1 amide bonds. The van der Waals surface area contributed by atoms with Gasteiger partial charge >= 0.3 is 6.18 Å². The van der Waals surface area contributed by atoms with E-state index in [9.17, 15) is 22.8 Å². The molecule has 134 valence electrons. The van der Waals surface area contributed by atoms with Crippen molar-refractivity contribution in [2.75, 3.05) is 5.32 Å². The van der Waals surface area contributed by atoms with Gasteiger partial charge in [0.1, 0.15) is 0 Å². The predicted octanol–water partition coefficient (Wildman–Crippen LogP) is 4.36. The maximum absolute atomic E-state index is 12.8. The van der Waals surface area contributed by atoms with E-state index < -0.39 is 17.6 Å². The van der Waals surface area contributed by atoms with Crippen LogP contribution >= 0.6 is 0 Å². The standard InChI is InChI=1S/C19H15F3N2O2/c1-2-11-9-17(25)24-16-10-14(6-7-15(11)16)23-18(26)12-4-3-5-13(8-12)19(20,21)22/h3-10H,2H2,1H3,(H,23,26)(H,24,25). The smallest absolute Gasteiger partial charge is 0.322 e. The number of halogens is 3. The number of alkyl halides is 3. The van der Waals surface area contributed by atoms with E-state index in [4.69, 9.17) is 0 Å². The van der Waals surface area contributed by atoms with Gasteiger partial charge in [0.25, 0.3) is 5.91 Å². The molecule has 7 heteroatoms. The number of rotatable bonds is 3. The van der Waals surface area contributed by atoms with Crippen molar-refractivity contribution in [2.45, 2.75) is 19.5 Å². The molecule has 2 aromatic carbocycles. The third-order valence-corrected chi connectivity index (χ3v) is 4.02. The molecular formula is C19H15F3N2O2. The number of fused-ring (bicyclic) bond motifs is 1. The van der Waals surface area contributed by atoms with Gasteiger partial charge in [0, 0.05) is 22.7 Å². The lowest BCUT2D eigenvalue weighted by atomic mass is 10.1. The molecular weight excluding hydrogens is 345 g/mol. The Hall–Kier alpha value is -3.09. The average Bonchev–Trinajstić information content (AvgIpc) is 2.60. The largest absolute Gasteiger partial charge is 0.416 e. The fourth-order valence-corrected chi connectivity index (χ4v) is 2.74. The van der Waals surface area contributed by atoms with E-state index in [1.807, 2.05) is 6.92 Å². The van der Waals surface area contributed by atoms with Crippen LogP contribution in [0.2, 0.25) is 0 Å². The van der Waals surface area contributed by atoms with Crippen molar-refractivity contribution in [1.29, 1.82) is 0 Å². The van der Waals surface area contributed by atoms with Gasteiger partial charge in [-0.2, -0.15) is 13.2 Å². The minimum Gasteiger partial charge on any atom is -0.322 e. The average molecular weight is 360 g/mol. The van der Waals surface area contributed by atoms with Crippen molar-refractivity contribution in [3.8, 4) is 0 Å². The number of hydrogen-bond donors (Lipinski definition) is 2. The lowest BCUT2D eigenvalue weighted by Crippen LogP contribution is -2.14. The Morgan fingerprint density at radius 3 is 2.58 bits per heavy atom. The zero-order valence-electron chi connectivity index (χ0n) is 13.8. The Bertz CT molecular complexity index is 1040. The highest BCUT2D eigenvalue weighted by Crippen LogP contribution is 2.29. The molecule has 4 nitrogen and oxygen atoms in total. The van der Waals surface area contributed by atoms with Crippen LogP contribution in [0.25, 0.3) is 10.9 Å². The van der Waals surface area contributed by atoms with Gasteiger partial charge in [0.2, 0.25) is 5.56 Å². The van der Waals surface area contributed by atoms with E-state index in [1.54, 1.807) is 18.2 Å². The van der Waals surface area contributed by atoms with E-state index in [0.717, 1.165) is 23.1 Å². The molecule has 0 radical (unpaired) electrons. The summed E-state index contributed by atoms with van der Waals surface area (Å²) < 4.78 is 38.3. The Morgan fingerprint density at radius 1 is 1.12 bits per heavy atom. The van der Waals surface area contributed by atoms with Crippen molar-refractivity contribution in [2.24, 2.45) is 0 Å². The monoisotopic (exact) mass is 360 g/mol. The zero-order valence-corrected chi connectivity index (χ0v) is 13.8. The summed E-state index contributed by atoms with van der Waals surface area (Å²) in [5, 5.41) is 3.41. The lowest BCUT2D eigenvalue weighted by molar-refractivity contribution is -0.137. The van der Waals surface area contributed by atoms with Gasteiger partial charge in [-0.25, -0.2) is 0 Å². The topological polar surface area (TPSA) is 62.0 Å². The first-order valence-electron chi connectivity index (χ1n) is 7.92. The summed E-state index contributed by atoms with van der Waals surface area (Å²) in [5.74, 6) is -0.663. The number of amides is 1. The molecule has 2 N–H and O–H groups in total. The number of aromatic nitrogens is 1. The summed E-state index contributed by atoms with van der Waals surface area (Å²) in [6.07, 6.45) is -3.84. The summed E-state index contributed by atoms with van der Waals surface area (Å²) in [7, 11) is 0. The van der Waals surface area contributed by atoms with E-state index in [2.05, 4.69) is 10.3 Å². The van der Waals surface area contributed by atoms with Crippen LogP contribution in [-0.2, 0) is 12.6 Å². The second-order valence-corrected chi connectivity index (χ2v) is 5.81. The molecule has 0 unspecified atom stereocenters. The molecule has 26 heavy (non-hydrogen) atoms. The van der Waals surface area contributed by atoms with Gasteiger partial charge in [-0.15, -0.1) is 0 Å². The number of hydrogen-bond acceptors (Lipinski definition) is 2. The van der Waals surface area contributed by atoms with Crippen LogP contribution in [0.4, 0.5) is 18.9 Å². The van der Waals surface area contributed by atoms with Crippen LogP contribution in [0.15, 0.2) is 53.3 Å². The predicted molar refractivity (Wildman–Crippen MR) is 93.3 cm³/mol. The van der Waals surface area contributed by atoms with Crippen LogP contribution in [-0.4, -0.2) is 10.9 Å². The molecule has 1 heterocycles. The lowest BCUT2D eigenvalue weighted by Gasteiger charge is -2.10. The normalized spacial score (nSPS) is 11.5. The molecule has 0 aliphatic heterocycles. The molecule has 3 aromatic rings. The van der Waals surface area contributed by atoms with E-state index in [-0.39, 0.29) is 11.1 Å². The summed E-state index contributed by atoms with van der Waals surface area (Å²) in [6.45, 7) is 1.93. The fraction of sp³-hybridized carbons (Fsp3) is 0.158. The molecule has 0 spiro atoms. The Labute approximate surface area is 146 Å². The van der Waals surface area contributed by atoms with Crippen molar-refractivity contribution in [1.82, 2.24) is 4.98 Å². The van der Waals surface area contributed by atoms with Crippen LogP contribution < -0.4 is 10.9 Å². The molecule has 0 atom stereocenters. The molecule has 1 aromatic heterocycles. The fourth-order valence-electron chi connectivity index (χ4n) is 2.74. The number of pyridine rings is 1. The second-order valence-electron chi connectivity index (χ2n) is 5.81. The number of H-pyrrole nitrogens is 1. The maximum Gasteiger partial charge on any atom is 0.416 e. The molecule has 0 aliphatic rings. The highest BCUT2D eigenvalue weighted by Gasteiger charge is 2.30. The van der Waals surface area contributed by atoms with Crippen LogP contribution in [0.5, 0.6) is 0 Å². The van der Waals surface area contributed by atoms with Crippen molar-refractivity contribution in [3.63, 3.8) is 0 Å². The first-order chi connectivity index (χ1) is 12.3. The highest BCUT2D eigenvalue weighted by atomic mass is 19.4. The van der Waals surface area contributed by atoms with E-state index in [0.29, 0.717) is 17.6 Å². The van der Waals surface area contributed by atoms with Gasteiger partial charge in [-0.1, -0.05) is 19.1 Å². The molecule has 3 rings (SSSR count). The highest BCUT2D eigenvalue weighted by molar-refractivity contribution is 6.05. The Balaban J connectivity index is 1.91.